The van der Waals surface area contributed by atoms with Gasteiger partial charge in [-0.15, -0.1) is 0 Å². The molecule has 1 atom stereocenters. The summed E-state index contributed by atoms with van der Waals surface area (Å²) in [6, 6.07) is 3.73. The Kier molecular flexibility index (Phi) is 3.88. The first-order valence-corrected chi connectivity index (χ1v) is 5.29. The predicted molar refractivity (Wildman–Crippen MR) is 60.6 cm³/mol. The number of halogens is 1. The van der Waals surface area contributed by atoms with Crippen molar-refractivity contribution < 1.29 is 14.6 Å². The van der Waals surface area contributed by atoms with E-state index in [2.05, 4.69) is 20.7 Å². The van der Waals surface area contributed by atoms with Gasteiger partial charge in [-0.1, -0.05) is 22.0 Å². The van der Waals surface area contributed by atoms with Crippen molar-refractivity contribution in [3.63, 3.8) is 0 Å². The highest BCUT2D eigenvalue weighted by Gasteiger charge is 2.22. The Morgan fingerprint density at radius 2 is 2.07 bits per heavy atom. The summed E-state index contributed by atoms with van der Waals surface area (Å²) in [6.45, 7) is 3.79. The van der Waals surface area contributed by atoms with Crippen LogP contribution in [-0.4, -0.2) is 18.2 Å². The highest BCUT2D eigenvalue weighted by molar-refractivity contribution is 9.10. The van der Waals surface area contributed by atoms with Crippen LogP contribution in [0.4, 0.5) is 0 Å². The number of carbonyl (C=O) groups is 1. The highest BCUT2D eigenvalue weighted by Crippen LogP contribution is 2.29. The fourth-order valence-electron chi connectivity index (χ4n) is 1.37. The molecule has 0 saturated heterocycles. The number of hydrogen-bond donors (Lipinski definition) is 1. The molecule has 1 N–H and O–H groups in total. The van der Waals surface area contributed by atoms with Crippen molar-refractivity contribution in [2.24, 2.45) is 0 Å². The van der Waals surface area contributed by atoms with Gasteiger partial charge in [-0.3, -0.25) is 0 Å². The van der Waals surface area contributed by atoms with Crippen molar-refractivity contribution in [3.8, 4) is 0 Å². The minimum Gasteiger partial charge on any atom is -0.467 e. The Morgan fingerprint density at radius 1 is 1.47 bits per heavy atom. The molecule has 3 nitrogen and oxygen atoms in total. The number of ether oxygens (including phenoxy) is 1. The van der Waals surface area contributed by atoms with E-state index < -0.39 is 12.1 Å². The van der Waals surface area contributed by atoms with Crippen molar-refractivity contribution in [1.29, 1.82) is 0 Å². The number of methoxy groups -OCH3 is 1. The van der Waals surface area contributed by atoms with Crippen LogP contribution in [0.15, 0.2) is 16.6 Å². The molecule has 0 aliphatic heterocycles. The van der Waals surface area contributed by atoms with Gasteiger partial charge in [-0.05, 0) is 31.0 Å². The molecule has 1 unspecified atom stereocenters. The summed E-state index contributed by atoms with van der Waals surface area (Å²) in [5.74, 6) is -0.649. The zero-order valence-corrected chi connectivity index (χ0v) is 10.5. The van der Waals surface area contributed by atoms with Crippen LogP contribution in [0.25, 0.3) is 0 Å². The number of esters is 1. The largest absolute Gasteiger partial charge is 0.467 e. The zero-order valence-electron chi connectivity index (χ0n) is 8.87. The Hall–Kier alpha value is -0.870. The maximum Gasteiger partial charge on any atom is 0.339 e. The zero-order chi connectivity index (χ0) is 11.6. The summed E-state index contributed by atoms with van der Waals surface area (Å²) >= 11 is 3.31. The van der Waals surface area contributed by atoms with Crippen LogP contribution in [0.2, 0.25) is 0 Å². The standard InChI is InChI=1S/C11H13BrO3/c1-6-4-5-8(12)9(7(6)2)10(13)11(14)15-3/h4-5,10,13H,1-3H3. The van der Waals surface area contributed by atoms with Gasteiger partial charge in [0.15, 0.2) is 6.10 Å². The first-order chi connectivity index (χ1) is 6.99. The smallest absolute Gasteiger partial charge is 0.339 e. The predicted octanol–water partition coefficient (Wildman–Crippen LogP) is 2.27. The van der Waals surface area contributed by atoms with Crippen molar-refractivity contribution in [2.45, 2.75) is 20.0 Å². The maximum atomic E-state index is 11.2. The van der Waals surface area contributed by atoms with Crippen LogP contribution >= 0.6 is 15.9 Å². The van der Waals surface area contributed by atoms with Crippen LogP contribution in [0.1, 0.15) is 22.8 Å². The van der Waals surface area contributed by atoms with Gasteiger partial charge < -0.3 is 9.84 Å². The number of aliphatic hydroxyl groups is 1. The monoisotopic (exact) mass is 272 g/mol. The number of aliphatic hydroxyl groups excluding tert-OH is 1. The van der Waals surface area contributed by atoms with Gasteiger partial charge in [0.2, 0.25) is 0 Å². The number of hydrogen-bond acceptors (Lipinski definition) is 3. The molecule has 0 saturated carbocycles. The molecule has 0 aliphatic rings. The molecule has 1 aromatic rings. The maximum absolute atomic E-state index is 11.2. The highest BCUT2D eigenvalue weighted by atomic mass is 79.9. The molecule has 0 aliphatic carbocycles. The molecule has 0 bridgehead atoms. The van der Waals surface area contributed by atoms with Crippen LogP contribution in [0, 0.1) is 13.8 Å². The molecule has 4 heteroatoms. The van der Waals surface area contributed by atoms with E-state index in [0.29, 0.717) is 10.0 Å². The number of carbonyl (C=O) groups excluding carboxylic acids is 1. The molecule has 0 aromatic heterocycles. The molecule has 1 rings (SSSR count). The molecule has 1 aromatic carbocycles. The lowest BCUT2D eigenvalue weighted by molar-refractivity contribution is -0.150. The Balaban J connectivity index is 3.24. The number of benzene rings is 1. The van der Waals surface area contributed by atoms with E-state index in [-0.39, 0.29) is 0 Å². The molecule has 0 spiro atoms. The second-order valence-electron chi connectivity index (χ2n) is 3.33. The van der Waals surface area contributed by atoms with Gasteiger partial charge in [-0.25, -0.2) is 4.79 Å². The summed E-state index contributed by atoms with van der Waals surface area (Å²) in [5, 5.41) is 9.77. The van der Waals surface area contributed by atoms with Crippen molar-refractivity contribution >= 4 is 21.9 Å². The average Bonchev–Trinajstić information content (AvgIpc) is 2.22. The average molecular weight is 273 g/mol. The van der Waals surface area contributed by atoms with E-state index >= 15 is 0 Å². The van der Waals surface area contributed by atoms with E-state index in [1.54, 1.807) is 0 Å². The van der Waals surface area contributed by atoms with Gasteiger partial charge in [0, 0.05) is 10.0 Å². The fraction of sp³-hybridized carbons (Fsp3) is 0.364. The minimum absolute atomic E-state index is 0.571. The minimum atomic E-state index is -1.23. The molecule has 15 heavy (non-hydrogen) atoms. The van der Waals surface area contributed by atoms with Crippen molar-refractivity contribution in [3.05, 3.63) is 33.3 Å². The lowest BCUT2D eigenvalue weighted by Gasteiger charge is -2.15. The lowest BCUT2D eigenvalue weighted by Crippen LogP contribution is -2.15. The van der Waals surface area contributed by atoms with E-state index in [1.165, 1.54) is 7.11 Å². The summed E-state index contributed by atoms with van der Waals surface area (Å²) in [7, 11) is 1.25. The van der Waals surface area contributed by atoms with Gasteiger partial charge in [0.1, 0.15) is 0 Å². The third-order valence-electron chi connectivity index (χ3n) is 2.43. The molecule has 0 radical (unpaired) electrons. The molecule has 0 fully saturated rings. The lowest BCUT2D eigenvalue weighted by atomic mass is 9.99. The first kappa shape index (κ1) is 12.2. The normalized spacial score (nSPS) is 12.3. The summed E-state index contributed by atoms with van der Waals surface area (Å²) in [6.07, 6.45) is -1.23. The summed E-state index contributed by atoms with van der Waals surface area (Å²) in [5.41, 5.74) is 2.49. The third-order valence-corrected chi connectivity index (χ3v) is 3.12. The van der Waals surface area contributed by atoms with Crippen LogP contribution in [-0.2, 0) is 9.53 Å². The number of rotatable bonds is 2. The van der Waals surface area contributed by atoms with Gasteiger partial charge in [0.05, 0.1) is 7.11 Å². The first-order valence-electron chi connectivity index (χ1n) is 4.50. The topological polar surface area (TPSA) is 46.5 Å². The van der Waals surface area contributed by atoms with Gasteiger partial charge >= 0.3 is 5.97 Å². The Morgan fingerprint density at radius 3 is 2.60 bits per heavy atom. The molecular weight excluding hydrogens is 260 g/mol. The van der Waals surface area contributed by atoms with E-state index in [4.69, 9.17) is 0 Å². The Labute approximate surface area is 97.2 Å². The molecule has 82 valence electrons. The Bertz CT molecular complexity index is 388. The second kappa shape index (κ2) is 4.77. The second-order valence-corrected chi connectivity index (χ2v) is 4.18. The van der Waals surface area contributed by atoms with E-state index in [9.17, 15) is 9.90 Å². The van der Waals surface area contributed by atoms with Crippen LogP contribution in [0.5, 0.6) is 0 Å². The van der Waals surface area contributed by atoms with E-state index in [0.717, 1.165) is 11.1 Å². The van der Waals surface area contributed by atoms with Gasteiger partial charge in [0.25, 0.3) is 0 Å². The van der Waals surface area contributed by atoms with Crippen LogP contribution < -0.4 is 0 Å². The summed E-state index contributed by atoms with van der Waals surface area (Å²) in [4.78, 5) is 11.2. The third kappa shape index (κ3) is 2.38. The van der Waals surface area contributed by atoms with Crippen LogP contribution in [0.3, 0.4) is 0 Å². The summed E-state index contributed by atoms with van der Waals surface area (Å²) < 4.78 is 5.22. The molecule has 0 amide bonds. The fourth-order valence-corrected chi connectivity index (χ4v) is 2.02. The van der Waals surface area contributed by atoms with E-state index in [1.807, 2.05) is 26.0 Å². The quantitative estimate of drug-likeness (QED) is 0.841. The van der Waals surface area contributed by atoms with Crippen molar-refractivity contribution in [2.75, 3.05) is 7.11 Å². The van der Waals surface area contributed by atoms with Gasteiger partial charge in [-0.2, -0.15) is 0 Å². The SMILES string of the molecule is COC(=O)C(O)c1c(Br)ccc(C)c1C. The molecular formula is C11H13BrO3. The number of aryl methyl sites for hydroxylation is 1. The van der Waals surface area contributed by atoms with Crippen molar-refractivity contribution in [1.82, 2.24) is 0 Å². The molecule has 0 heterocycles.